The van der Waals surface area contributed by atoms with E-state index in [1.807, 2.05) is 30.3 Å². The minimum absolute atomic E-state index is 0.308. The fraction of sp³-hybridized carbons (Fsp3) is 0.111. The van der Waals surface area contributed by atoms with Crippen LogP contribution in [-0.2, 0) is 6.61 Å². The van der Waals surface area contributed by atoms with E-state index in [1.165, 1.54) is 0 Å². The Bertz CT molecular complexity index is 925. The lowest BCUT2D eigenvalue weighted by Crippen LogP contribution is -2.15. The summed E-state index contributed by atoms with van der Waals surface area (Å²) in [7, 11) is 0. The molecule has 1 aromatic heterocycles. The number of carbonyl (C=O) groups is 1. The van der Waals surface area contributed by atoms with Crippen LogP contribution < -0.4 is 10.4 Å². The monoisotopic (exact) mass is 310 g/mol. The molecule has 3 aromatic rings. The lowest BCUT2D eigenvalue weighted by molar-refractivity contribution is 0.0691. The van der Waals surface area contributed by atoms with E-state index in [-0.39, 0.29) is 5.56 Å². The van der Waals surface area contributed by atoms with E-state index in [2.05, 4.69) is 0 Å². The fourth-order valence-corrected chi connectivity index (χ4v) is 2.41. The zero-order valence-electron chi connectivity index (χ0n) is 12.4. The van der Waals surface area contributed by atoms with Crippen molar-refractivity contribution in [1.82, 2.24) is 0 Å². The topological polar surface area (TPSA) is 76.7 Å². The zero-order chi connectivity index (χ0) is 16.4. The minimum atomic E-state index is -1.29. The molecule has 0 saturated heterocycles. The Hall–Kier alpha value is -3.08. The van der Waals surface area contributed by atoms with Gasteiger partial charge >= 0.3 is 11.6 Å². The van der Waals surface area contributed by atoms with Crippen molar-refractivity contribution in [2.75, 3.05) is 0 Å². The molecule has 0 amide bonds. The molecule has 116 valence electrons. The molecular formula is C18H14O5. The molecule has 0 spiro atoms. The molecule has 0 aliphatic carbocycles. The van der Waals surface area contributed by atoms with Crippen LogP contribution in [0.1, 0.15) is 21.5 Å². The smallest absolute Gasteiger partial charge is 0.351 e. The highest BCUT2D eigenvalue weighted by Gasteiger charge is 2.17. The predicted octanol–water partition coefficient (Wildman–Crippen LogP) is 3.38. The first-order valence-corrected chi connectivity index (χ1v) is 7.04. The standard InChI is InChI=1S/C18H14O5/c1-11-14-8-7-13(22-10-12-5-3-2-4-6-12)9-15(14)23-18(21)16(11)17(19)20/h2-9H,10H2,1H3,(H,19,20). The molecule has 1 heterocycles. The van der Waals surface area contributed by atoms with Gasteiger partial charge in [-0.25, -0.2) is 9.59 Å². The highest BCUT2D eigenvalue weighted by atomic mass is 16.5. The third kappa shape index (κ3) is 2.94. The Morgan fingerprint density at radius 1 is 1.17 bits per heavy atom. The lowest BCUT2D eigenvalue weighted by Gasteiger charge is -2.08. The van der Waals surface area contributed by atoms with Crippen LogP contribution in [0.5, 0.6) is 5.75 Å². The molecule has 0 saturated carbocycles. The van der Waals surface area contributed by atoms with Crippen molar-refractivity contribution in [3.63, 3.8) is 0 Å². The van der Waals surface area contributed by atoms with Gasteiger partial charge in [0.15, 0.2) is 0 Å². The molecule has 0 radical (unpaired) electrons. The number of aryl methyl sites for hydroxylation is 1. The van der Waals surface area contributed by atoms with Gasteiger partial charge < -0.3 is 14.3 Å². The molecule has 0 unspecified atom stereocenters. The van der Waals surface area contributed by atoms with Gasteiger partial charge in [-0.1, -0.05) is 30.3 Å². The summed E-state index contributed by atoms with van der Waals surface area (Å²) in [6, 6.07) is 14.7. The number of benzene rings is 2. The number of ether oxygens (including phenoxy) is 1. The summed E-state index contributed by atoms with van der Waals surface area (Å²) in [5, 5.41) is 9.66. The minimum Gasteiger partial charge on any atom is -0.489 e. The van der Waals surface area contributed by atoms with Crippen molar-refractivity contribution in [1.29, 1.82) is 0 Å². The van der Waals surface area contributed by atoms with Gasteiger partial charge in [-0.05, 0) is 30.2 Å². The van der Waals surface area contributed by atoms with Gasteiger partial charge in [0, 0.05) is 11.5 Å². The van der Waals surface area contributed by atoms with E-state index >= 15 is 0 Å². The van der Waals surface area contributed by atoms with Gasteiger partial charge in [0.1, 0.15) is 23.5 Å². The van der Waals surface area contributed by atoms with E-state index in [4.69, 9.17) is 14.3 Å². The van der Waals surface area contributed by atoms with E-state index in [0.29, 0.717) is 28.9 Å². The third-order valence-corrected chi connectivity index (χ3v) is 3.60. The Labute approximate surface area is 131 Å². The molecule has 0 aliphatic heterocycles. The number of hydrogen-bond donors (Lipinski definition) is 1. The summed E-state index contributed by atoms with van der Waals surface area (Å²) in [4.78, 5) is 22.9. The summed E-state index contributed by atoms with van der Waals surface area (Å²) in [5.41, 5.74) is 0.519. The molecular weight excluding hydrogens is 296 g/mol. The average molecular weight is 310 g/mol. The Morgan fingerprint density at radius 2 is 1.91 bits per heavy atom. The van der Waals surface area contributed by atoms with Crippen molar-refractivity contribution < 1.29 is 19.1 Å². The van der Waals surface area contributed by atoms with Gasteiger partial charge in [-0.2, -0.15) is 0 Å². The number of hydrogen-bond acceptors (Lipinski definition) is 4. The average Bonchev–Trinajstić information content (AvgIpc) is 2.53. The molecule has 0 bridgehead atoms. The molecule has 2 aromatic carbocycles. The molecule has 3 rings (SSSR count). The summed E-state index contributed by atoms with van der Waals surface area (Å²) in [6.07, 6.45) is 0. The number of rotatable bonds is 4. The lowest BCUT2D eigenvalue weighted by atomic mass is 10.1. The number of aromatic carboxylic acids is 1. The first-order valence-electron chi connectivity index (χ1n) is 7.04. The van der Waals surface area contributed by atoms with Crippen molar-refractivity contribution in [3.8, 4) is 5.75 Å². The Balaban J connectivity index is 1.95. The summed E-state index contributed by atoms with van der Waals surface area (Å²) in [5.74, 6) is -0.741. The third-order valence-electron chi connectivity index (χ3n) is 3.60. The second-order valence-corrected chi connectivity index (χ2v) is 5.13. The van der Waals surface area contributed by atoms with Crippen molar-refractivity contribution in [2.45, 2.75) is 13.5 Å². The molecule has 0 aliphatic rings. The van der Waals surface area contributed by atoms with Gasteiger partial charge in [-0.15, -0.1) is 0 Å². The van der Waals surface area contributed by atoms with Crippen LogP contribution in [0.25, 0.3) is 11.0 Å². The van der Waals surface area contributed by atoms with Crippen LogP contribution in [0.4, 0.5) is 0 Å². The zero-order valence-corrected chi connectivity index (χ0v) is 12.4. The van der Waals surface area contributed by atoms with Crippen LogP contribution in [0.15, 0.2) is 57.7 Å². The van der Waals surface area contributed by atoms with Crippen molar-refractivity contribution >= 4 is 16.9 Å². The summed E-state index contributed by atoms with van der Waals surface area (Å²) in [6.45, 7) is 1.98. The van der Waals surface area contributed by atoms with Crippen molar-refractivity contribution in [3.05, 3.63) is 75.6 Å². The Kier molecular flexibility index (Phi) is 3.85. The van der Waals surface area contributed by atoms with E-state index in [9.17, 15) is 9.59 Å². The van der Waals surface area contributed by atoms with Crippen LogP contribution >= 0.6 is 0 Å². The van der Waals surface area contributed by atoms with E-state index < -0.39 is 11.6 Å². The molecule has 0 atom stereocenters. The quantitative estimate of drug-likeness (QED) is 0.748. The van der Waals surface area contributed by atoms with Crippen LogP contribution in [-0.4, -0.2) is 11.1 Å². The highest BCUT2D eigenvalue weighted by molar-refractivity contribution is 5.95. The largest absolute Gasteiger partial charge is 0.489 e. The second-order valence-electron chi connectivity index (χ2n) is 5.13. The second kappa shape index (κ2) is 5.96. The van der Waals surface area contributed by atoms with Gasteiger partial charge in [0.25, 0.3) is 0 Å². The molecule has 5 nitrogen and oxygen atoms in total. The maximum Gasteiger partial charge on any atom is 0.351 e. The fourth-order valence-electron chi connectivity index (χ4n) is 2.41. The summed E-state index contributed by atoms with van der Waals surface area (Å²) >= 11 is 0. The van der Waals surface area contributed by atoms with Gasteiger partial charge in [0.2, 0.25) is 0 Å². The number of fused-ring (bicyclic) bond motifs is 1. The first-order chi connectivity index (χ1) is 11.1. The molecule has 1 N–H and O–H groups in total. The van der Waals surface area contributed by atoms with E-state index in [1.54, 1.807) is 25.1 Å². The molecule has 23 heavy (non-hydrogen) atoms. The predicted molar refractivity (Wildman–Crippen MR) is 85.0 cm³/mol. The molecule has 5 heteroatoms. The maximum absolute atomic E-state index is 11.8. The van der Waals surface area contributed by atoms with Crippen LogP contribution in [0.3, 0.4) is 0 Å². The van der Waals surface area contributed by atoms with Crippen LogP contribution in [0, 0.1) is 6.92 Å². The maximum atomic E-state index is 11.8. The Morgan fingerprint density at radius 3 is 2.61 bits per heavy atom. The van der Waals surface area contributed by atoms with Gasteiger partial charge in [-0.3, -0.25) is 0 Å². The van der Waals surface area contributed by atoms with Crippen molar-refractivity contribution in [2.24, 2.45) is 0 Å². The van der Waals surface area contributed by atoms with Crippen LogP contribution in [0.2, 0.25) is 0 Å². The number of carboxylic acid groups (broad SMARTS) is 1. The highest BCUT2D eigenvalue weighted by Crippen LogP contribution is 2.24. The number of carboxylic acids is 1. The first kappa shape index (κ1) is 14.8. The van der Waals surface area contributed by atoms with Gasteiger partial charge in [0.05, 0.1) is 0 Å². The normalized spacial score (nSPS) is 10.7. The van der Waals surface area contributed by atoms with E-state index in [0.717, 1.165) is 5.56 Å². The summed E-state index contributed by atoms with van der Waals surface area (Å²) < 4.78 is 10.8. The molecule has 0 fully saturated rings. The SMILES string of the molecule is Cc1c(C(=O)O)c(=O)oc2cc(OCc3ccccc3)ccc12.